The molecule has 6 nitrogen and oxygen atoms in total. The summed E-state index contributed by atoms with van der Waals surface area (Å²) in [5.41, 5.74) is -0.101. The highest BCUT2D eigenvalue weighted by molar-refractivity contribution is 6.07. The first-order valence-electron chi connectivity index (χ1n) is 8.09. The molecule has 1 fully saturated rings. The van der Waals surface area contributed by atoms with Crippen LogP contribution in [0, 0.1) is 5.82 Å². The summed E-state index contributed by atoms with van der Waals surface area (Å²) in [5, 5.41) is 9.64. The van der Waals surface area contributed by atoms with Gasteiger partial charge >= 0.3 is 11.9 Å². The predicted octanol–water partition coefficient (Wildman–Crippen LogP) is 2.14. The van der Waals surface area contributed by atoms with Crippen molar-refractivity contribution >= 4 is 17.6 Å². The quantitative estimate of drug-likeness (QED) is 0.829. The summed E-state index contributed by atoms with van der Waals surface area (Å²) in [6.45, 7) is 4.42. The number of aliphatic hydroxyl groups excluding tert-OH is 1. The molecule has 1 saturated heterocycles. The topological polar surface area (TPSA) is 76.1 Å². The van der Waals surface area contributed by atoms with Crippen molar-refractivity contribution in [3.8, 4) is 0 Å². The van der Waals surface area contributed by atoms with E-state index in [1.165, 1.54) is 6.07 Å². The van der Waals surface area contributed by atoms with Crippen LogP contribution in [0.4, 0.5) is 10.1 Å². The Morgan fingerprint density at radius 2 is 1.67 bits per heavy atom. The number of piperidine rings is 1. The number of hydrogen-bond acceptors (Lipinski definition) is 6. The first-order chi connectivity index (χ1) is 11.5. The molecule has 0 unspecified atom stereocenters. The number of hydrogen-bond donors (Lipinski definition) is 1. The summed E-state index contributed by atoms with van der Waals surface area (Å²) in [5.74, 6) is -2.48. The molecule has 0 saturated carbocycles. The molecule has 1 aliphatic rings. The molecule has 0 aromatic heterocycles. The van der Waals surface area contributed by atoms with Gasteiger partial charge in [0.05, 0.1) is 25.0 Å². The molecule has 1 aromatic rings. The van der Waals surface area contributed by atoms with Gasteiger partial charge in [0.15, 0.2) is 0 Å². The van der Waals surface area contributed by atoms with E-state index in [0.29, 0.717) is 31.6 Å². The van der Waals surface area contributed by atoms with Crippen molar-refractivity contribution in [1.82, 2.24) is 0 Å². The minimum absolute atomic E-state index is 0.0701. The van der Waals surface area contributed by atoms with E-state index in [2.05, 4.69) is 0 Å². The van der Waals surface area contributed by atoms with Crippen LogP contribution in [0.25, 0.3) is 0 Å². The molecule has 1 aliphatic heterocycles. The molecule has 1 heterocycles. The molecule has 132 valence electrons. The van der Waals surface area contributed by atoms with Crippen LogP contribution in [0.1, 0.15) is 47.4 Å². The van der Waals surface area contributed by atoms with E-state index in [9.17, 15) is 19.1 Å². The predicted molar refractivity (Wildman–Crippen MR) is 85.8 cm³/mol. The molecule has 1 N–H and O–H groups in total. The zero-order valence-corrected chi connectivity index (χ0v) is 13.9. The van der Waals surface area contributed by atoms with Crippen LogP contribution >= 0.6 is 0 Å². The van der Waals surface area contributed by atoms with Crippen LogP contribution in [0.2, 0.25) is 0 Å². The first kappa shape index (κ1) is 18.2. The lowest BCUT2D eigenvalue weighted by molar-refractivity contribution is 0.0474. The maximum atomic E-state index is 14.3. The van der Waals surface area contributed by atoms with Gasteiger partial charge in [0.2, 0.25) is 0 Å². The number of benzene rings is 1. The number of nitrogens with zero attached hydrogens (tertiary/aromatic N) is 1. The molecular weight excluding hydrogens is 317 g/mol. The third kappa shape index (κ3) is 3.84. The molecular formula is C17H22FNO5. The lowest BCUT2D eigenvalue weighted by atomic mass is 10.0. The number of ether oxygens (including phenoxy) is 2. The highest BCUT2D eigenvalue weighted by atomic mass is 19.1. The van der Waals surface area contributed by atoms with E-state index in [1.807, 2.05) is 4.90 Å². The maximum Gasteiger partial charge on any atom is 0.342 e. The largest absolute Gasteiger partial charge is 0.462 e. The van der Waals surface area contributed by atoms with Crippen molar-refractivity contribution in [3.05, 3.63) is 29.1 Å². The molecule has 0 atom stereocenters. The minimum Gasteiger partial charge on any atom is -0.462 e. The van der Waals surface area contributed by atoms with Crippen molar-refractivity contribution in [1.29, 1.82) is 0 Å². The summed E-state index contributed by atoms with van der Waals surface area (Å²) in [7, 11) is 0. The number of anilines is 1. The standard InChI is InChI=1S/C17H22FNO5/c1-3-23-16(21)14-12(18)5-6-13(15(14)17(22)24-4-2)19-9-7-11(20)8-10-19/h5-6,11,20H,3-4,7-10H2,1-2H3. The number of carbonyl (C=O) groups is 2. The van der Waals surface area contributed by atoms with Crippen molar-refractivity contribution in [2.75, 3.05) is 31.2 Å². The van der Waals surface area contributed by atoms with Gasteiger partial charge in [-0.1, -0.05) is 0 Å². The molecule has 24 heavy (non-hydrogen) atoms. The Labute approximate surface area is 140 Å². The fourth-order valence-electron chi connectivity index (χ4n) is 2.75. The highest BCUT2D eigenvalue weighted by Crippen LogP contribution is 2.30. The van der Waals surface area contributed by atoms with E-state index in [-0.39, 0.29) is 18.8 Å². The zero-order valence-electron chi connectivity index (χ0n) is 13.9. The van der Waals surface area contributed by atoms with Crippen molar-refractivity contribution in [2.45, 2.75) is 32.8 Å². The average molecular weight is 339 g/mol. The SMILES string of the molecule is CCOC(=O)c1c(F)ccc(N2CCC(O)CC2)c1C(=O)OCC. The minimum atomic E-state index is -0.892. The van der Waals surface area contributed by atoms with E-state index in [4.69, 9.17) is 9.47 Å². The first-order valence-corrected chi connectivity index (χ1v) is 8.09. The van der Waals surface area contributed by atoms with E-state index in [0.717, 1.165) is 6.07 Å². The number of esters is 2. The molecule has 7 heteroatoms. The summed E-state index contributed by atoms with van der Waals surface area (Å²) >= 11 is 0. The average Bonchev–Trinajstić information content (AvgIpc) is 2.55. The Morgan fingerprint density at radius 1 is 1.12 bits per heavy atom. The van der Waals surface area contributed by atoms with Crippen LogP contribution in [-0.4, -0.2) is 49.5 Å². The second-order valence-electron chi connectivity index (χ2n) is 5.48. The molecule has 0 spiro atoms. The van der Waals surface area contributed by atoms with Gasteiger partial charge in [-0.2, -0.15) is 0 Å². The third-order valence-electron chi connectivity index (χ3n) is 3.90. The monoisotopic (exact) mass is 339 g/mol. The van der Waals surface area contributed by atoms with Crippen LogP contribution < -0.4 is 4.90 Å². The number of aliphatic hydroxyl groups is 1. The van der Waals surface area contributed by atoms with Crippen molar-refractivity contribution < 1.29 is 28.6 Å². The Kier molecular flexibility index (Phi) is 6.14. The van der Waals surface area contributed by atoms with Crippen molar-refractivity contribution in [2.24, 2.45) is 0 Å². The Bertz CT molecular complexity index is 611. The van der Waals surface area contributed by atoms with Gasteiger partial charge in [-0.3, -0.25) is 0 Å². The Balaban J connectivity index is 2.51. The summed E-state index contributed by atoms with van der Waals surface area (Å²) in [6, 6.07) is 2.61. The summed E-state index contributed by atoms with van der Waals surface area (Å²) < 4.78 is 24.2. The van der Waals surface area contributed by atoms with Gasteiger partial charge in [0, 0.05) is 13.1 Å². The van der Waals surface area contributed by atoms with Crippen LogP contribution in [-0.2, 0) is 9.47 Å². The number of rotatable bonds is 5. The van der Waals surface area contributed by atoms with Gasteiger partial charge in [-0.05, 0) is 38.8 Å². The lowest BCUT2D eigenvalue weighted by Crippen LogP contribution is -2.37. The molecule has 0 aliphatic carbocycles. The highest BCUT2D eigenvalue weighted by Gasteiger charge is 2.30. The normalized spacial score (nSPS) is 15.2. The summed E-state index contributed by atoms with van der Waals surface area (Å²) in [6.07, 6.45) is 0.681. The third-order valence-corrected chi connectivity index (χ3v) is 3.90. The second kappa shape index (κ2) is 8.10. The second-order valence-corrected chi connectivity index (χ2v) is 5.48. The van der Waals surface area contributed by atoms with Gasteiger partial charge in [0.25, 0.3) is 0 Å². The zero-order chi connectivity index (χ0) is 17.7. The molecule has 0 amide bonds. The van der Waals surface area contributed by atoms with Gasteiger partial charge < -0.3 is 19.5 Å². The van der Waals surface area contributed by atoms with Gasteiger partial charge in [-0.15, -0.1) is 0 Å². The lowest BCUT2D eigenvalue weighted by Gasteiger charge is -2.33. The van der Waals surface area contributed by atoms with E-state index in [1.54, 1.807) is 13.8 Å². The smallest absolute Gasteiger partial charge is 0.342 e. The Morgan fingerprint density at radius 3 is 2.21 bits per heavy atom. The molecule has 2 rings (SSSR count). The van der Waals surface area contributed by atoms with Crippen LogP contribution in [0.3, 0.4) is 0 Å². The number of carbonyl (C=O) groups excluding carboxylic acids is 2. The maximum absolute atomic E-state index is 14.3. The fourth-order valence-corrected chi connectivity index (χ4v) is 2.75. The van der Waals surface area contributed by atoms with Crippen molar-refractivity contribution in [3.63, 3.8) is 0 Å². The Hall–Kier alpha value is -2.15. The fraction of sp³-hybridized carbons (Fsp3) is 0.529. The van der Waals surface area contributed by atoms with E-state index >= 15 is 0 Å². The molecule has 0 bridgehead atoms. The van der Waals surface area contributed by atoms with Gasteiger partial charge in [-0.25, -0.2) is 14.0 Å². The molecule has 0 radical (unpaired) electrons. The molecule has 1 aromatic carbocycles. The van der Waals surface area contributed by atoms with E-state index < -0.39 is 29.4 Å². The number of halogens is 1. The van der Waals surface area contributed by atoms with Crippen LogP contribution in [0.15, 0.2) is 12.1 Å². The van der Waals surface area contributed by atoms with Gasteiger partial charge in [0.1, 0.15) is 16.9 Å². The summed E-state index contributed by atoms with van der Waals surface area (Å²) in [4.78, 5) is 26.4. The van der Waals surface area contributed by atoms with Crippen LogP contribution in [0.5, 0.6) is 0 Å².